The highest BCUT2D eigenvalue weighted by molar-refractivity contribution is 8.00. The largest absolute Gasteiger partial charge is 0.495 e. The van der Waals surface area contributed by atoms with Gasteiger partial charge in [0.2, 0.25) is 5.91 Å². The first-order chi connectivity index (χ1) is 18.5. The Labute approximate surface area is 227 Å². The number of nitrogens with one attached hydrogen (secondary N) is 1. The van der Waals surface area contributed by atoms with Gasteiger partial charge in [0.1, 0.15) is 5.75 Å². The number of allylic oxidation sites excluding steroid dienone is 2. The Balaban J connectivity index is 1.71. The maximum atomic E-state index is 13.8. The molecule has 4 rings (SSSR count). The second kappa shape index (κ2) is 12.9. The molecule has 202 valence electrons. The van der Waals surface area contributed by atoms with Crippen molar-refractivity contribution in [2.24, 2.45) is 0 Å². The number of carbonyl (C=O) groups is 1. The van der Waals surface area contributed by atoms with Gasteiger partial charge in [-0.15, -0.1) is 0 Å². The van der Waals surface area contributed by atoms with Gasteiger partial charge in [0.15, 0.2) is 16.7 Å². The second-order valence-electron chi connectivity index (χ2n) is 9.14. The van der Waals surface area contributed by atoms with Gasteiger partial charge in [0, 0.05) is 12.6 Å². The van der Waals surface area contributed by atoms with Crippen LogP contribution in [0, 0.1) is 0 Å². The van der Waals surface area contributed by atoms with Crippen LogP contribution in [0.2, 0.25) is 0 Å². The summed E-state index contributed by atoms with van der Waals surface area (Å²) in [5, 5.41) is 3.47. The maximum absolute atomic E-state index is 13.8. The van der Waals surface area contributed by atoms with Gasteiger partial charge in [0.25, 0.3) is 5.56 Å². The molecular formula is C29H35N3O5S. The van der Waals surface area contributed by atoms with E-state index >= 15 is 0 Å². The predicted octanol–water partition coefficient (Wildman–Crippen LogP) is 5.82. The van der Waals surface area contributed by atoms with E-state index in [1.165, 1.54) is 30.2 Å². The zero-order chi connectivity index (χ0) is 27.1. The van der Waals surface area contributed by atoms with Crippen LogP contribution < -0.4 is 25.1 Å². The van der Waals surface area contributed by atoms with E-state index in [2.05, 4.69) is 11.4 Å². The number of ether oxygens (including phenoxy) is 3. The molecular weight excluding hydrogens is 502 g/mol. The molecule has 2 aromatic carbocycles. The minimum Gasteiger partial charge on any atom is -0.495 e. The number of para-hydroxylation sites is 2. The zero-order valence-electron chi connectivity index (χ0n) is 22.4. The van der Waals surface area contributed by atoms with E-state index in [4.69, 9.17) is 19.2 Å². The molecule has 0 spiro atoms. The highest BCUT2D eigenvalue weighted by Gasteiger charge is 2.24. The third-order valence-electron chi connectivity index (χ3n) is 6.74. The first-order valence-electron chi connectivity index (χ1n) is 12.9. The molecule has 1 aromatic heterocycles. The lowest BCUT2D eigenvalue weighted by Crippen LogP contribution is -2.28. The molecule has 8 nitrogen and oxygen atoms in total. The number of methoxy groups -OCH3 is 3. The smallest absolute Gasteiger partial charge is 0.262 e. The molecule has 0 radical (unpaired) electrons. The number of fused-ring (bicyclic) bond motifs is 1. The SMILES string of the molecule is CC[C@H](Sc1nc2cc(OC)c(OC)cc2c(=O)n1CCC1=CCCCC1)C(=O)Nc1ccccc1OC. The summed E-state index contributed by atoms with van der Waals surface area (Å²) in [5.74, 6) is 1.38. The van der Waals surface area contributed by atoms with Gasteiger partial charge in [-0.05, 0) is 56.7 Å². The van der Waals surface area contributed by atoms with E-state index in [1.54, 1.807) is 50.2 Å². The third-order valence-corrected chi connectivity index (χ3v) is 8.10. The highest BCUT2D eigenvalue weighted by Crippen LogP contribution is 2.33. The van der Waals surface area contributed by atoms with Gasteiger partial charge in [-0.25, -0.2) is 4.98 Å². The maximum Gasteiger partial charge on any atom is 0.262 e. The zero-order valence-corrected chi connectivity index (χ0v) is 23.2. The monoisotopic (exact) mass is 537 g/mol. The van der Waals surface area contributed by atoms with Gasteiger partial charge in [0.05, 0.1) is 43.2 Å². The van der Waals surface area contributed by atoms with Crippen LogP contribution in [-0.2, 0) is 11.3 Å². The molecule has 1 heterocycles. The topological polar surface area (TPSA) is 91.7 Å². The van der Waals surface area contributed by atoms with Crippen LogP contribution in [0.3, 0.4) is 0 Å². The Hall–Kier alpha value is -3.46. The van der Waals surface area contributed by atoms with Crippen LogP contribution in [0.25, 0.3) is 10.9 Å². The Kier molecular flexibility index (Phi) is 9.33. The van der Waals surface area contributed by atoms with Gasteiger partial charge < -0.3 is 19.5 Å². The van der Waals surface area contributed by atoms with E-state index in [9.17, 15) is 9.59 Å². The summed E-state index contributed by atoms with van der Waals surface area (Å²) < 4.78 is 18.0. The van der Waals surface area contributed by atoms with Crippen molar-refractivity contribution < 1.29 is 19.0 Å². The summed E-state index contributed by atoms with van der Waals surface area (Å²) in [7, 11) is 4.66. The Morgan fingerprint density at radius 3 is 2.50 bits per heavy atom. The number of benzene rings is 2. The number of rotatable bonds is 11. The van der Waals surface area contributed by atoms with Crippen molar-refractivity contribution in [2.45, 2.75) is 62.4 Å². The molecule has 3 aromatic rings. The lowest BCUT2D eigenvalue weighted by molar-refractivity contribution is -0.115. The normalized spacial score (nSPS) is 14.1. The van der Waals surface area contributed by atoms with Crippen LogP contribution in [0.15, 0.2) is 58.0 Å². The van der Waals surface area contributed by atoms with Crippen LogP contribution >= 0.6 is 11.8 Å². The van der Waals surface area contributed by atoms with Crippen LogP contribution in [-0.4, -0.2) is 42.0 Å². The number of hydrogen-bond donors (Lipinski definition) is 1. The summed E-state index contributed by atoms with van der Waals surface area (Å²) in [4.78, 5) is 32.0. The molecule has 1 aliphatic rings. The number of nitrogens with zero attached hydrogens (tertiary/aromatic N) is 2. The number of amides is 1. The molecule has 0 saturated carbocycles. The van der Waals surface area contributed by atoms with Crippen LogP contribution in [0.1, 0.15) is 45.4 Å². The highest BCUT2D eigenvalue weighted by atomic mass is 32.2. The summed E-state index contributed by atoms with van der Waals surface area (Å²) >= 11 is 1.30. The van der Waals surface area contributed by atoms with Gasteiger partial charge >= 0.3 is 0 Å². The van der Waals surface area contributed by atoms with E-state index in [1.807, 2.05) is 19.1 Å². The van der Waals surface area contributed by atoms with E-state index in [-0.39, 0.29) is 11.5 Å². The number of thioether (sulfide) groups is 1. The van der Waals surface area contributed by atoms with Crippen molar-refractivity contribution in [1.29, 1.82) is 0 Å². The van der Waals surface area contributed by atoms with Crippen molar-refractivity contribution in [3.8, 4) is 17.2 Å². The average molecular weight is 538 g/mol. The summed E-state index contributed by atoms with van der Waals surface area (Å²) in [5.41, 5.74) is 2.31. The fourth-order valence-electron chi connectivity index (χ4n) is 4.61. The minimum atomic E-state index is -0.468. The minimum absolute atomic E-state index is 0.158. The van der Waals surface area contributed by atoms with Gasteiger partial charge in [-0.1, -0.05) is 42.5 Å². The molecule has 1 N–H and O–H groups in total. The average Bonchev–Trinajstić information content (AvgIpc) is 2.95. The molecule has 0 bridgehead atoms. The molecule has 9 heteroatoms. The molecule has 1 atom stereocenters. The molecule has 38 heavy (non-hydrogen) atoms. The number of hydrogen-bond acceptors (Lipinski definition) is 7. The molecule has 0 aliphatic heterocycles. The number of aromatic nitrogens is 2. The molecule has 1 aliphatic carbocycles. The number of anilines is 1. The fraction of sp³-hybridized carbons (Fsp3) is 0.414. The first kappa shape index (κ1) is 27.6. The van der Waals surface area contributed by atoms with Crippen molar-refractivity contribution in [1.82, 2.24) is 9.55 Å². The van der Waals surface area contributed by atoms with Gasteiger partial charge in [-0.3, -0.25) is 14.2 Å². The third kappa shape index (κ3) is 6.15. The lowest BCUT2D eigenvalue weighted by Gasteiger charge is -2.20. The fourth-order valence-corrected chi connectivity index (χ4v) is 5.65. The van der Waals surface area contributed by atoms with Crippen molar-refractivity contribution in [2.75, 3.05) is 26.6 Å². The van der Waals surface area contributed by atoms with Crippen LogP contribution in [0.4, 0.5) is 5.69 Å². The second-order valence-corrected chi connectivity index (χ2v) is 10.3. The molecule has 1 amide bonds. The summed E-state index contributed by atoms with van der Waals surface area (Å²) in [6.07, 6.45) is 8.15. The number of carbonyl (C=O) groups excluding carboxylic acids is 1. The lowest BCUT2D eigenvalue weighted by atomic mass is 9.97. The summed E-state index contributed by atoms with van der Waals surface area (Å²) in [6.45, 7) is 2.44. The summed E-state index contributed by atoms with van der Waals surface area (Å²) in [6, 6.07) is 10.7. The van der Waals surface area contributed by atoms with E-state index < -0.39 is 5.25 Å². The van der Waals surface area contributed by atoms with E-state index in [0.29, 0.717) is 52.0 Å². The Morgan fingerprint density at radius 1 is 1.08 bits per heavy atom. The molecule has 0 fully saturated rings. The molecule has 0 saturated heterocycles. The molecule has 0 unspecified atom stereocenters. The van der Waals surface area contributed by atoms with Crippen molar-refractivity contribution in [3.05, 3.63) is 58.4 Å². The Morgan fingerprint density at radius 2 is 1.82 bits per heavy atom. The predicted molar refractivity (Wildman–Crippen MR) is 152 cm³/mol. The van der Waals surface area contributed by atoms with Gasteiger partial charge in [-0.2, -0.15) is 0 Å². The van der Waals surface area contributed by atoms with Crippen molar-refractivity contribution >= 4 is 34.3 Å². The standard InChI is InChI=1S/C29H35N3O5S/c1-5-26(27(33)30-21-13-9-10-14-23(21)35-2)38-29-31-22-18-25(37-4)24(36-3)17-20(22)28(34)32(29)16-15-19-11-7-6-8-12-19/h9-11,13-14,17-18,26H,5-8,12,15-16H2,1-4H3,(H,30,33)/t26-/m0/s1. The quantitative estimate of drug-likeness (QED) is 0.187. The van der Waals surface area contributed by atoms with Crippen LogP contribution in [0.5, 0.6) is 17.2 Å². The first-order valence-corrected chi connectivity index (χ1v) is 13.8. The van der Waals surface area contributed by atoms with Crippen molar-refractivity contribution in [3.63, 3.8) is 0 Å². The van der Waals surface area contributed by atoms with E-state index in [0.717, 1.165) is 19.3 Å². The Bertz CT molecular complexity index is 1380.